The summed E-state index contributed by atoms with van der Waals surface area (Å²) in [5.74, 6) is 1.12. The van der Waals surface area contributed by atoms with Gasteiger partial charge in [-0.05, 0) is 53.5 Å². The quantitative estimate of drug-likeness (QED) is 0.741. The molecular formula is C16H16BrNO3. The van der Waals surface area contributed by atoms with Crippen molar-refractivity contribution in [2.24, 2.45) is 0 Å². The maximum atomic E-state index is 10.9. The largest absolute Gasteiger partial charge is 0.490 e. The molecule has 0 saturated carbocycles. The second-order valence-corrected chi connectivity index (χ2v) is 5.29. The molecule has 110 valence electrons. The van der Waals surface area contributed by atoms with Gasteiger partial charge in [0.05, 0.1) is 16.8 Å². The zero-order chi connectivity index (χ0) is 15.2. The van der Waals surface area contributed by atoms with Crippen molar-refractivity contribution in [3.05, 3.63) is 51.8 Å². The summed E-state index contributed by atoms with van der Waals surface area (Å²) in [7, 11) is 0. The fraction of sp³-hybridized carbons (Fsp3) is 0.250. The van der Waals surface area contributed by atoms with Gasteiger partial charge in [-0.15, -0.1) is 0 Å². The van der Waals surface area contributed by atoms with E-state index < -0.39 is 0 Å². The summed E-state index contributed by atoms with van der Waals surface area (Å²) in [5, 5.41) is 0. The zero-order valence-corrected chi connectivity index (χ0v) is 13.5. The summed E-state index contributed by atoms with van der Waals surface area (Å²) >= 11 is 3.42. The monoisotopic (exact) mass is 349 g/mol. The number of pyridine rings is 1. The maximum absolute atomic E-state index is 10.9. The highest BCUT2D eigenvalue weighted by atomic mass is 79.9. The summed E-state index contributed by atoms with van der Waals surface area (Å²) in [4.78, 5) is 15.2. The first-order valence-electron chi connectivity index (χ1n) is 6.60. The minimum absolute atomic E-state index is 0.339. The predicted molar refractivity (Wildman–Crippen MR) is 84.0 cm³/mol. The number of hydrogen-bond donors (Lipinski definition) is 0. The van der Waals surface area contributed by atoms with Crippen LogP contribution in [0, 0.1) is 6.92 Å². The first kappa shape index (κ1) is 15.5. The molecule has 1 aromatic carbocycles. The van der Waals surface area contributed by atoms with Crippen LogP contribution in [-0.4, -0.2) is 17.9 Å². The number of nitrogens with zero attached hydrogens (tertiary/aromatic N) is 1. The molecule has 0 saturated heterocycles. The minimum Gasteiger partial charge on any atom is -0.490 e. The third-order valence-corrected chi connectivity index (χ3v) is 3.53. The van der Waals surface area contributed by atoms with Crippen LogP contribution in [0.3, 0.4) is 0 Å². The summed E-state index contributed by atoms with van der Waals surface area (Å²) < 4.78 is 12.1. The average molecular weight is 350 g/mol. The van der Waals surface area contributed by atoms with Gasteiger partial charge >= 0.3 is 0 Å². The van der Waals surface area contributed by atoms with Crippen molar-refractivity contribution >= 4 is 22.2 Å². The minimum atomic E-state index is 0.339. The van der Waals surface area contributed by atoms with Gasteiger partial charge in [-0.3, -0.25) is 9.78 Å². The Kier molecular flexibility index (Phi) is 5.33. The number of carbonyl (C=O) groups is 1. The van der Waals surface area contributed by atoms with E-state index in [0.717, 1.165) is 17.5 Å². The SMILES string of the molecule is CCOc1cc(C=O)cc(Br)c1OCc1ncccc1C. The van der Waals surface area contributed by atoms with E-state index >= 15 is 0 Å². The molecule has 1 heterocycles. The van der Waals surface area contributed by atoms with E-state index in [1.54, 1.807) is 18.3 Å². The molecule has 4 nitrogen and oxygen atoms in total. The van der Waals surface area contributed by atoms with Crippen molar-refractivity contribution in [3.8, 4) is 11.5 Å². The van der Waals surface area contributed by atoms with Crippen LogP contribution in [0.5, 0.6) is 11.5 Å². The molecule has 21 heavy (non-hydrogen) atoms. The lowest BCUT2D eigenvalue weighted by Gasteiger charge is -2.14. The molecule has 0 fully saturated rings. The first-order valence-corrected chi connectivity index (χ1v) is 7.39. The van der Waals surface area contributed by atoms with Gasteiger partial charge in [0, 0.05) is 11.8 Å². The molecule has 0 atom stereocenters. The highest BCUT2D eigenvalue weighted by molar-refractivity contribution is 9.10. The highest BCUT2D eigenvalue weighted by Gasteiger charge is 2.13. The number of carbonyl (C=O) groups excluding carboxylic acids is 1. The molecule has 0 aliphatic carbocycles. The Hall–Kier alpha value is -1.88. The van der Waals surface area contributed by atoms with E-state index in [2.05, 4.69) is 20.9 Å². The van der Waals surface area contributed by atoms with Crippen LogP contribution >= 0.6 is 15.9 Å². The average Bonchev–Trinajstić information content (AvgIpc) is 2.48. The molecule has 0 unspecified atom stereocenters. The second-order valence-electron chi connectivity index (χ2n) is 4.44. The van der Waals surface area contributed by atoms with E-state index in [-0.39, 0.29) is 0 Å². The molecule has 0 amide bonds. The van der Waals surface area contributed by atoms with Crippen LogP contribution in [-0.2, 0) is 6.61 Å². The number of halogens is 1. The Morgan fingerprint density at radius 2 is 2.14 bits per heavy atom. The van der Waals surface area contributed by atoms with Crippen molar-refractivity contribution in [2.45, 2.75) is 20.5 Å². The van der Waals surface area contributed by atoms with E-state index in [9.17, 15) is 4.79 Å². The molecule has 0 N–H and O–H groups in total. The summed E-state index contributed by atoms with van der Waals surface area (Å²) in [6.45, 7) is 4.70. The lowest BCUT2D eigenvalue weighted by Crippen LogP contribution is -2.04. The van der Waals surface area contributed by atoms with Gasteiger partial charge in [0.25, 0.3) is 0 Å². The number of ether oxygens (including phenoxy) is 2. The number of hydrogen-bond acceptors (Lipinski definition) is 4. The van der Waals surface area contributed by atoms with E-state index in [1.807, 2.05) is 26.0 Å². The zero-order valence-electron chi connectivity index (χ0n) is 11.9. The molecule has 2 aromatic rings. The van der Waals surface area contributed by atoms with E-state index in [0.29, 0.717) is 34.7 Å². The van der Waals surface area contributed by atoms with E-state index in [4.69, 9.17) is 9.47 Å². The number of benzene rings is 1. The van der Waals surface area contributed by atoms with Gasteiger partial charge in [0.15, 0.2) is 11.5 Å². The molecule has 2 rings (SSSR count). The van der Waals surface area contributed by atoms with Crippen molar-refractivity contribution in [1.82, 2.24) is 4.98 Å². The Labute approximate surface area is 132 Å². The Balaban J connectivity index is 2.26. The Morgan fingerprint density at radius 1 is 1.33 bits per heavy atom. The second kappa shape index (κ2) is 7.22. The Bertz CT molecular complexity index is 643. The fourth-order valence-corrected chi connectivity index (χ4v) is 2.44. The third-order valence-electron chi connectivity index (χ3n) is 2.94. The lowest BCUT2D eigenvalue weighted by molar-refractivity contribution is 0.112. The molecule has 5 heteroatoms. The number of aryl methyl sites for hydroxylation is 1. The third kappa shape index (κ3) is 3.82. The van der Waals surface area contributed by atoms with Gasteiger partial charge in [-0.2, -0.15) is 0 Å². The van der Waals surface area contributed by atoms with Crippen LogP contribution < -0.4 is 9.47 Å². The maximum Gasteiger partial charge on any atom is 0.175 e. The normalized spacial score (nSPS) is 10.2. The van der Waals surface area contributed by atoms with Crippen molar-refractivity contribution in [3.63, 3.8) is 0 Å². The van der Waals surface area contributed by atoms with Crippen LogP contribution in [0.25, 0.3) is 0 Å². The van der Waals surface area contributed by atoms with Crippen LogP contribution in [0.4, 0.5) is 0 Å². The number of aldehydes is 1. The molecule has 0 aliphatic rings. The summed E-state index contributed by atoms with van der Waals surface area (Å²) in [6, 6.07) is 7.25. The van der Waals surface area contributed by atoms with Gasteiger partial charge in [-0.1, -0.05) is 6.07 Å². The van der Waals surface area contributed by atoms with E-state index in [1.165, 1.54) is 0 Å². The highest BCUT2D eigenvalue weighted by Crippen LogP contribution is 2.37. The molecule has 0 aliphatic heterocycles. The topological polar surface area (TPSA) is 48.4 Å². The van der Waals surface area contributed by atoms with Crippen LogP contribution in [0.2, 0.25) is 0 Å². The van der Waals surface area contributed by atoms with Crippen LogP contribution in [0.1, 0.15) is 28.5 Å². The fourth-order valence-electron chi connectivity index (χ4n) is 1.87. The van der Waals surface area contributed by atoms with Gasteiger partial charge in [0.2, 0.25) is 0 Å². The summed E-state index contributed by atoms with van der Waals surface area (Å²) in [5.41, 5.74) is 2.47. The van der Waals surface area contributed by atoms with Gasteiger partial charge in [0.1, 0.15) is 12.9 Å². The first-order chi connectivity index (χ1) is 10.2. The van der Waals surface area contributed by atoms with Gasteiger partial charge < -0.3 is 9.47 Å². The van der Waals surface area contributed by atoms with Crippen molar-refractivity contribution in [1.29, 1.82) is 0 Å². The lowest BCUT2D eigenvalue weighted by atomic mass is 10.2. The van der Waals surface area contributed by atoms with Crippen LogP contribution in [0.15, 0.2) is 34.9 Å². The number of aromatic nitrogens is 1. The molecule has 0 radical (unpaired) electrons. The van der Waals surface area contributed by atoms with Crippen molar-refractivity contribution in [2.75, 3.05) is 6.61 Å². The molecular weight excluding hydrogens is 334 g/mol. The van der Waals surface area contributed by atoms with Gasteiger partial charge in [-0.25, -0.2) is 0 Å². The van der Waals surface area contributed by atoms with Crippen molar-refractivity contribution < 1.29 is 14.3 Å². The molecule has 1 aromatic heterocycles. The summed E-state index contributed by atoms with van der Waals surface area (Å²) in [6.07, 6.45) is 2.51. The predicted octanol–water partition coefficient (Wildman–Crippen LogP) is 3.94. The molecule has 0 spiro atoms. The standard InChI is InChI=1S/C16H16BrNO3/c1-3-20-15-8-12(9-19)7-13(17)16(15)21-10-14-11(2)5-4-6-18-14/h4-9H,3,10H2,1-2H3. The number of rotatable bonds is 6. The smallest absolute Gasteiger partial charge is 0.175 e. The molecule has 0 bridgehead atoms. The Morgan fingerprint density at radius 3 is 2.81 bits per heavy atom.